The van der Waals surface area contributed by atoms with Gasteiger partial charge in [0.05, 0.1) is 27.9 Å². The monoisotopic (exact) mass is 467 g/mol. The van der Waals surface area contributed by atoms with Crippen LogP contribution in [0.3, 0.4) is 0 Å². The quantitative estimate of drug-likeness (QED) is 0.269. The summed E-state index contributed by atoms with van der Waals surface area (Å²) in [5.74, 6) is -0.832. The fraction of sp³-hybridized carbons (Fsp3) is 0.286. The zero-order valence-corrected chi connectivity index (χ0v) is 17.0. The van der Waals surface area contributed by atoms with Gasteiger partial charge < -0.3 is 0 Å². The second-order valence-electron chi connectivity index (χ2n) is 6.68. The Balaban J connectivity index is 2.65. The highest BCUT2D eigenvalue weighted by molar-refractivity contribution is 5.94. The van der Waals surface area contributed by atoms with Gasteiger partial charge in [0.2, 0.25) is 5.91 Å². The maximum atomic E-state index is 13.2. The Hall–Kier alpha value is -3.93. The number of hydrogen-bond donors (Lipinski definition) is 0. The van der Waals surface area contributed by atoms with Crippen molar-refractivity contribution >= 4 is 17.3 Å². The molecule has 2 aromatic rings. The van der Waals surface area contributed by atoms with E-state index in [0.29, 0.717) is 42.1 Å². The van der Waals surface area contributed by atoms with Gasteiger partial charge in [-0.1, -0.05) is 18.6 Å². The summed E-state index contributed by atoms with van der Waals surface area (Å²) in [6.07, 6.45) is -8.85. The first-order valence-corrected chi connectivity index (χ1v) is 9.39. The van der Waals surface area contributed by atoms with Gasteiger partial charge in [0.25, 0.3) is 0 Å². The average molecular weight is 467 g/mol. The standard InChI is InChI=1S/C21H15F6N5O/c1-2-3-4-19(33)32(18-10-16(21(25,26)27)8-6-14(18)12-29)31-30-17-9-15(20(22,23)24)7-5-13(17)11-28/h5-10H,2-4H2,1H3/b31-30+. The van der Waals surface area contributed by atoms with Crippen molar-refractivity contribution in [2.75, 3.05) is 5.01 Å². The van der Waals surface area contributed by atoms with Crippen molar-refractivity contribution in [3.05, 3.63) is 58.7 Å². The highest BCUT2D eigenvalue weighted by Gasteiger charge is 2.33. The largest absolute Gasteiger partial charge is 0.416 e. The third kappa shape index (κ3) is 6.29. The minimum Gasteiger partial charge on any atom is -0.273 e. The van der Waals surface area contributed by atoms with E-state index in [-0.39, 0.29) is 17.5 Å². The zero-order chi connectivity index (χ0) is 24.8. The Morgan fingerprint density at radius 3 is 2.00 bits per heavy atom. The highest BCUT2D eigenvalue weighted by Crippen LogP contribution is 2.35. The molecule has 0 unspecified atom stereocenters. The molecule has 0 heterocycles. The molecule has 12 heteroatoms. The van der Waals surface area contributed by atoms with Gasteiger partial charge in [-0.2, -0.15) is 41.9 Å². The van der Waals surface area contributed by atoms with E-state index in [0.717, 1.165) is 12.1 Å². The molecule has 0 atom stereocenters. The Bertz CT molecular complexity index is 1140. The summed E-state index contributed by atoms with van der Waals surface area (Å²) in [5.41, 5.74) is -4.05. The van der Waals surface area contributed by atoms with E-state index in [1.165, 1.54) is 0 Å². The Kier molecular flexibility index (Phi) is 7.77. The van der Waals surface area contributed by atoms with E-state index in [9.17, 15) is 36.4 Å². The lowest BCUT2D eigenvalue weighted by atomic mass is 10.1. The maximum Gasteiger partial charge on any atom is 0.416 e. The Morgan fingerprint density at radius 2 is 1.48 bits per heavy atom. The normalized spacial score (nSPS) is 11.8. The molecule has 6 nitrogen and oxygen atoms in total. The van der Waals surface area contributed by atoms with Crippen LogP contribution in [0.25, 0.3) is 0 Å². The summed E-state index contributed by atoms with van der Waals surface area (Å²) < 4.78 is 78.7. The SMILES string of the molecule is CCCCC(=O)N(/N=N/c1cc(C(F)(F)F)ccc1C#N)c1cc(C(F)(F)F)ccc1C#N. The number of amides is 1. The second kappa shape index (κ2) is 10.1. The fourth-order valence-corrected chi connectivity index (χ4v) is 2.62. The number of nitrogens with zero attached hydrogens (tertiary/aromatic N) is 5. The number of rotatable bonds is 6. The van der Waals surface area contributed by atoms with Gasteiger partial charge >= 0.3 is 12.4 Å². The molecular formula is C21H15F6N5O. The Morgan fingerprint density at radius 1 is 0.939 bits per heavy atom. The van der Waals surface area contributed by atoms with Gasteiger partial charge in [0, 0.05) is 6.42 Å². The lowest BCUT2D eigenvalue weighted by molar-refractivity contribution is -0.138. The molecule has 0 saturated heterocycles. The Labute approximate surface area is 184 Å². The third-order valence-electron chi connectivity index (χ3n) is 4.34. The highest BCUT2D eigenvalue weighted by atomic mass is 19.4. The summed E-state index contributed by atoms with van der Waals surface area (Å²) in [5, 5.41) is 26.0. The molecule has 0 fully saturated rings. The van der Waals surface area contributed by atoms with E-state index < -0.39 is 40.8 Å². The smallest absolute Gasteiger partial charge is 0.273 e. The second-order valence-corrected chi connectivity index (χ2v) is 6.68. The van der Waals surface area contributed by atoms with Gasteiger partial charge in [-0.3, -0.25) is 4.79 Å². The molecule has 33 heavy (non-hydrogen) atoms. The number of halogens is 6. The van der Waals surface area contributed by atoms with Gasteiger partial charge in [-0.05, 0) is 42.8 Å². The minimum atomic E-state index is -4.80. The van der Waals surface area contributed by atoms with E-state index in [1.54, 1.807) is 19.1 Å². The molecule has 2 aromatic carbocycles. The summed E-state index contributed by atoms with van der Waals surface area (Å²) >= 11 is 0. The summed E-state index contributed by atoms with van der Waals surface area (Å²) in [4.78, 5) is 12.7. The van der Waals surface area contributed by atoms with Crippen molar-refractivity contribution in [2.24, 2.45) is 10.3 Å². The van der Waals surface area contributed by atoms with Crippen LogP contribution in [-0.4, -0.2) is 5.91 Å². The molecule has 0 aliphatic carbocycles. The molecule has 0 bridgehead atoms. The first-order chi connectivity index (χ1) is 15.4. The predicted molar refractivity (Wildman–Crippen MR) is 104 cm³/mol. The van der Waals surface area contributed by atoms with Crippen LogP contribution in [0.2, 0.25) is 0 Å². The molecule has 172 valence electrons. The molecule has 2 rings (SSSR count). The van der Waals surface area contributed by atoms with Gasteiger partial charge in [-0.25, -0.2) is 0 Å². The lowest BCUT2D eigenvalue weighted by Crippen LogP contribution is -2.26. The van der Waals surface area contributed by atoms with Crippen LogP contribution in [0.5, 0.6) is 0 Å². The van der Waals surface area contributed by atoms with Crippen molar-refractivity contribution in [2.45, 2.75) is 38.5 Å². The number of unbranched alkanes of at least 4 members (excludes halogenated alkanes) is 1. The van der Waals surface area contributed by atoms with E-state index in [1.807, 2.05) is 0 Å². The molecular weight excluding hydrogens is 452 g/mol. The van der Waals surface area contributed by atoms with Crippen molar-refractivity contribution in [3.8, 4) is 12.1 Å². The first-order valence-electron chi connectivity index (χ1n) is 9.39. The van der Waals surface area contributed by atoms with Gasteiger partial charge in [-0.15, -0.1) is 5.11 Å². The van der Waals surface area contributed by atoms with Crippen LogP contribution < -0.4 is 5.01 Å². The lowest BCUT2D eigenvalue weighted by Gasteiger charge is -2.19. The van der Waals surface area contributed by atoms with Crippen LogP contribution in [0, 0.1) is 22.7 Å². The van der Waals surface area contributed by atoms with E-state index >= 15 is 0 Å². The average Bonchev–Trinajstić information content (AvgIpc) is 2.76. The molecule has 1 amide bonds. The minimum absolute atomic E-state index is 0.176. The number of hydrogen-bond acceptors (Lipinski definition) is 5. The summed E-state index contributed by atoms with van der Waals surface area (Å²) in [6, 6.07) is 7.33. The number of anilines is 1. The molecule has 0 N–H and O–H groups in total. The number of carbonyl (C=O) groups is 1. The maximum absolute atomic E-state index is 13.2. The van der Waals surface area contributed by atoms with Crippen molar-refractivity contribution < 1.29 is 31.1 Å². The van der Waals surface area contributed by atoms with Crippen molar-refractivity contribution in [1.82, 2.24) is 0 Å². The number of alkyl halides is 6. The molecule has 0 aromatic heterocycles. The molecule has 0 aliphatic rings. The van der Waals surface area contributed by atoms with Crippen LogP contribution in [0.4, 0.5) is 37.7 Å². The zero-order valence-electron chi connectivity index (χ0n) is 17.0. The van der Waals surface area contributed by atoms with Crippen LogP contribution in [0.1, 0.15) is 48.4 Å². The van der Waals surface area contributed by atoms with Crippen LogP contribution in [0.15, 0.2) is 46.7 Å². The van der Waals surface area contributed by atoms with E-state index in [2.05, 4.69) is 10.3 Å². The van der Waals surface area contributed by atoms with Crippen LogP contribution in [-0.2, 0) is 17.1 Å². The number of benzene rings is 2. The van der Waals surface area contributed by atoms with Gasteiger partial charge in [0.15, 0.2) is 0 Å². The van der Waals surface area contributed by atoms with Crippen molar-refractivity contribution in [1.29, 1.82) is 10.5 Å². The van der Waals surface area contributed by atoms with Gasteiger partial charge in [0.1, 0.15) is 17.8 Å². The predicted octanol–water partition coefficient (Wildman–Crippen LogP) is 6.69. The molecule has 0 spiro atoms. The third-order valence-corrected chi connectivity index (χ3v) is 4.34. The molecule has 0 saturated carbocycles. The number of nitriles is 2. The van der Waals surface area contributed by atoms with Crippen molar-refractivity contribution in [3.63, 3.8) is 0 Å². The summed E-state index contributed by atoms with van der Waals surface area (Å²) in [7, 11) is 0. The van der Waals surface area contributed by atoms with E-state index in [4.69, 9.17) is 5.26 Å². The van der Waals surface area contributed by atoms with Crippen LogP contribution >= 0.6 is 0 Å². The molecule has 0 radical (unpaired) electrons. The number of carbonyl (C=O) groups excluding carboxylic acids is 1. The summed E-state index contributed by atoms with van der Waals surface area (Å²) in [6.45, 7) is 1.76. The first kappa shape index (κ1) is 25.3. The topological polar surface area (TPSA) is 92.6 Å². The fourth-order valence-electron chi connectivity index (χ4n) is 2.62. The molecule has 0 aliphatic heterocycles.